The average molecular weight is 324 g/mol. The lowest BCUT2D eigenvalue weighted by Gasteiger charge is -2.14. The van der Waals surface area contributed by atoms with Gasteiger partial charge in [-0.25, -0.2) is 0 Å². The van der Waals surface area contributed by atoms with E-state index < -0.39 is 5.97 Å². The molecule has 2 radical (unpaired) electrons. The molecule has 132 valence electrons. The normalized spacial score (nSPS) is 12.0. The Morgan fingerprint density at radius 1 is 0.957 bits per heavy atom. The predicted octanol–water partition coefficient (Wildman–Crippen LogP) is 2.64. The molecular weight excluding hydrogens is 291 g/mol. The molecule has 1 atom stereocenters. The fourth-order valence-corrected chi connectivity index (χ4v) is 2.54. The monoisotopic (exact) mass is 324 g/mol. The van der Waals surface area contributed by atoms with E-state index in [4.69, 9.17) is 18.7 Å². The summed E-state index contributed by atoms with van der Waals surface area (Å²) in [4.78, 5) is 22.2. The van der Waals surface area contributed by atoms with Crippen molar-refractivity contribution in [3.63, 3.8) is 0 Å². The first-order valence-electron chi connectivity index (χ1n) is 9.01. The van der Waals surface area contributed by atoms with Crippen LogP contribution >= 0.6 is 0 Å². The van der Waals surface area contributed by atoms with Crippen LogP contribution in [0.15, 0.2) is 0 Å². The largest absolute Gasteiger partial charge is 0.481 e. The maximum atomic E-state index is 11.9. The number of carbonyl (C=O) groups excluding carboxylic acids is 1. The summed E-state index contributed by atoms with van der Waals surface area (Å²) in [5.74, 6) is -0.754. The minimum Gasteiger partial charge on any atom is -0.481 e. The van der Waals surface area contributed by atoms with Crippen molar-refractivity contribution in [1.29, 1.82) is 0 Å². The highest BCUT2D eigenvalue weighted by molar-refractivity contribution is 6.10. The van der Waals surface area contributed by atoms with Crippen molar-refractivity contribution in [2.45, 2.75) is 76.9 Å². The number of aliphatic carboxylic acids is 1. The minimum atomic E-state index is -0.702. The van der Waals surface area contributed by atoms with E-state index >= 15 is 0 Å². The van der Waals surface area contributed by atoms with Crippen LogP contribution in [-0.4, -0.2) is 37.9 Å². The number of nitrogens with one attached hydrogen (secondary N) is 1. The zero-order valence-electron chi connectivity index (χ0n) is 14.4. The molecule has 4 N–H and O–H groups in total. The van der Waals surface area contributed by atoms with E-state index in [9.17, 15) is 9.59 Å². The van der Waals surface area contributed by atoms with Crippen LogP contribution < -0.4 is 11.1 Å². The molecule has 0 bridgehead atoms. The molecule has 0 aromatic heterocycles. The molecule has 5 nitrogen and oxygen atoms in total. The van der Waals surface area contributed by atoms with E-state index in [1.165, 1.54) is 19.3 Å². The first-order valence-corrected chi connectivity index (χ1v) is 9.01. The van der Waals surface area contributed by atoms with Gasteiger partial charge in [0.1, 0.15) is 0 Å². The summed E-state index contributed by atoms with van der Waals surface area (Å²) in [5, 5.41) is 11.5. The molecule has 0 aromatic carbocycles. The summed E-state index contributed by atoms with van der Waals surface area (Å²) >= 11 is 0. The van der Waals surface area contributed by atoms with Crippen molar-refractivity contribution in [2.24, 2.45) is 11.7 Å². The molecule has 23 heavy (non-hydrogen) atoms. The number of hydrogen-bond donors (Lipinski definition) is 3. The first-order chi connectivity index (χ1) is 11.1. The Kier molecular flexibility index (Phi) is 15.1. The molecule has 6 heteroatoms. The average Bonchev–Trinajstić information content (AvgIpc) is 2.53. The Bertz CT molecular complexity index is 314. The number of carboxylic acids is 1. The summed E-state index contributed by atoms with van der Waals surface area (Å²) in [5.41, 5.74) is 5.45. The smallest absolute Gasteiger partial charge is 0.303 e. The highest BCUT2D eigenvalue weighted by Crippen LogP contribution is 2.11. The second kappa shape index (κ2) is 15.8. The molecule has 0 aromatic rings. The number of carboxylic acid groups (broad SMARTS) is 1. The zero-order chi connectivity index (χ0) is 17.3. The van der Waals surface area contributed by atoms with Crippen LogP contribution in [0.5, 0.6) is 0 Å². The van der Waals surface area contributed by atoms with E-state index in [-0.39, 0.29) is 18.2 Å². The minimum absolute atomic E-state index is 0.0550. The molecule has 0 aliphatic heterocycles. The second-order valence-electron chi connectivity index (χ2n) is 6.13. The number of rotatable bonds is 16. The van der Waals surface area contributed by atoms with E-state index in [0.717, 1.165) is 51.5 Å². The summed E-state index contributed by atoms with van der Waals surface area (Å²) in [6.45, 7) is 1.32. The van der Waals surface area contributed by atoms with Crippen molar-refractivity contribution in [2.75, 3.05) is 13.1 Å². The molecule has 0 saturated heterocycles. The summed E-state index contributed by atoms with van der Waals surface area (Å²) in [7, 11) is 5.62. The highest BCUT2D eigenvalue weighted by Gasteiger charge is 2.14. The van der Waals surface area contributed by atoms with Gasteiger partial charge in [0.05, 0.1) is 7.85 Å². The van der Waals surface area contributed by atoms with Gasteiger partial charge in [-0.3, -0.25) is 9.59 Å². The summed E-state index contributed by atoms with van der Waals surface area (Å²) < 4.78 is 0. The van der Waals surface area contributed by atoms with Gasteiger partial charge in [0, 0.05) is 18.9 Å². The molecule has 0 aliphatic rings. The fourth-order valence-electron chi connectivity index (χ4n) is 2.54. The van der Waals surface area contributed by atoms with Gasteiger partial charge >= 0.3 is 5.97 Å². The number of nitrogens with two attached hydrogens (primary N) is 1. The number of unbranched alkanes of at least 4 members (excludes halogenated alkanes) is 7. The second-order valence-corrected chi connectivity index (χ2v) is 6.13. The summed E-state index contributed by atoms with van der Waals surface area (Å²) in [6, 6.07) is 0. The van der Waals surface area contributed by atoms with Crippen LogP contribution in [0.1, 0.15) is 70.6 Å². The van der Waals surface area contributed by atoms with Crippen LogP contribution in [0.4, 0.5) is 0 Å². The molecule has 1 unspecified atom stereocenters. The third kappa shape index (κ3) is 14.3. The van der Waals surface area contributed by atoms with Crippen molar-refractivity contribution < 1.29 is 14.7 Å². The van der Waals surface area contributed by atoms with Crippen LogP contribution in [0.3, 0.4) is 0 Å². The molecule has 0 fully saturated rings. The van der Waals surface area contributed by atoms with E-state index in [1.54, 1.807) is 0 Å². The number of hydrogen-bond acceptors (Lipinski definition) is 3. The zero-order valence-corrected chi connectivity index (χ0v) is 14.4. The van der Waals surface area contributed by atoms with Gasteiger partial charge in [0.15, 0.2) is 0 Å². The SMILES string of the molecule is [B]CC(CCCN)C(=O)NCCCCCCCCCCC(=O)O. The van der Waals surface area contributed by atoms with Crippen molar-refractivity contribution >= 4 is 19.7 Å². The van der Waals surface area contributed by atoms with Gasteiger partial charge in [0.25, 0.3) is 0 Å². The maximum Gasteiger partial charge on any atom is 0.303 e. The van der Waals surface area contributed by atoms with Crippen LogP contribution in [0, 0.1) is 5.92 Å². The van der Waals surface area contributed by atoms with Crippen LogP contribution in [0.25, 0.3) is 0 Å². The van der Waals surface area contributed by atoms with Crippen LogP contribution in [-0.2, 0) is 9.59 Å². The predicted molar refractivity (Wildman–Crippen MR) is 94.5 cm³/mol. The topological polar surface area (TPSA) is 92.4 Å². The lowest BCUT2D eigenvalue weighted by atomic mass is 9.87. The van der Waals surface area contributed by atoms with Crippen molar-refractivity contribution in [3.05, 3.63) is 0 Å². The first kappa shape index (κ1) is 22.0. The van der Waals surface area contributed by atoms with Crippen molar-refractivity contribution in [1.82, 2.24) is 5.32 Å². The standard InChI is InChI=1S/C17H33BN2O3/c18-14-15(10-9-12-19)17(23)20-13-8-6-4-2-1-3-5-7-11-16(21)22/h15H,1-14,19H2,(H,20,23)(H,21,22). The summed E-state index contributed by atoms with van der Waals surface area (Å²) in [6.07, 6.45) is 10.8. The van der Waals surface area contributed by atoms with Gasteiger partial charge in [-0.2, -0.15) is 0 Å². The Balaban J connectivity index is 3.37. The quantitative estimate of drug-likeness (QED) is 0.301. The number of amides is 1. The number of carbonyl (C=O) groups is 2. The van der Waals surface area contributed by atoms with Gasteiger partial charge in [-0.05, 0) is 32.2 Å². The Hall–Kier alpha value is -1.04. The lowest BCUT2D eigenvalue weighted by molar-refractivity contribution is -0.137. The van der Waals surface area contributed by atoms with E-state index in [2.05, 4.69) is 5.32 Å². The molecule has 0 heterocycles. The van der Waals surface area contributed by atoms with Crippen molar-refractivity contribution in [3.8, 4) is 0 Å². The van der Waals surface area contributed by atoms with Gasteiger partial charge in [-0.1, -0.05) is 44.8 Å². The molecule has 1 amide bonds. The fraction of sp³-hybridized carbons (Fsp3) is 0.882. The third-order valence-electron chi connectivity index (χ3n) is 4.03. The maximum absolute atomic E-state index is 11.9. The van der Waals surface area contributed by atoms with E-state index in [1.807, 2.05) is 0 Å². The van der Waals surface area contributed by atoms with Gasteiger partial charge < -0.3 is 16.2 Å². The van der Waals surface area contributed by atoms with Gasteiger partial charge in [0.2, 0.25) is 5.91 Å². The Morgan fingerprint density at radius 2 is 1.52 bits per heavy atom. The van der Waals surface area contributed by atoms with Gasteiger partial charge in [-0.15, -0.1) is 0 Å². The third-order valence-corrected chi connectivity index (χ3v) is 4.03. The lowest BCUT2D eigenvalue weighted by Crippen LogP contribution is -2.31. The van der Waals surface area contributed by atoms with E-state index in [0.29, 0.717) is 12.9 Å². The van der Waals surface area contributed by atoms with Crippen LogP contribution in [0.2, 0.25) is 6.32 Å². The Morgan fingerprint density at radius 3 is 2.04 bits per heavy atom. The molecule has 0 saturated carbocycles. The molecule has 0 spiro atoms. The highest BCUT2D eigenvalue weighted by atomic mass is 16.4. The molecular formula is C17H33BN2O3. The Labute approximate surface area is 142 Å². The molecule has 0 aliphatic carbocycles. The molecule has 0 rings (SSSR count).